The molecule has 1 aromatic carbocycles. The predicted octanol–water partition coefficient (Wildman–Crippen LogP) is 2.47. The molecule has 16 heavy (non-hydrogen) atoms. The standard InChI is InChI=1S/C12H11FN2O/c1-9(15-7-6-14-8-15)12(16)10-2-4-11(13)5-3-10/h2-9H,1H3. The van der Waals surface area contributed by atoms with Crippen molar-refractivity contribution in [3.05, 3.63) is 54.4 Å². The lowest BCUT2D eigenvalue weighted by Crippen LogP contribution is -2.15. The fraction of sp³-hybridized carbons (Fsp3) is 0.167. The number of hydrogen-bond donors (Lipinski definition) is 0. The van der Waals surface area contributed by atoms with Crippen LogP contribution in [0.15, 0.2) is 43.0 Å². The summed E-state index contributed by atoms with van der Waals surface area (Å²) in [7, 11) is 0. The van der Waals surface area contributed by atoms with Gasteiger partial charge in [-0.3, -0.25) is 4.79 Å². The SMILES string of the molecule is CC(C(=O)c1ccc(F)cc1)n1ccnc1. The molecule has 0 saturated carbocycles. The lowest BCUT2D eigenvalue weighted by atomic mass is 10.1. The number of rotatable bonds is 3. The average molecular weight is 218 g/mol. The maximum atomic E-state index is 12.7. The van der Waals surface area contributed by atoms with Crippen LogP contribution in [0, 0.1) is 5.82 Å². The van der Waals surface area contributed by atoms with E-state index in [2.05, 4.69) is 4.98 Å². The normalized spacial score (nSPS) is 12.4. The Hall–Kier alpha value is -1.97. The Labute approximate surface area is 92.5 Å². The summed E-state index contributed by atoms with van der Waals surface area (Å²) >= 11 is 0. The summed E-state index contributed by atoms with van der Waals surface area (Å²) in [6, 6.07) is 5.23. The van der Waals surface area contributed by atoms with Crippen molar-refractivity contribution in [2.45, 2.75) is 13.0 Å². The van der Waals surface area contributed by atoms with Gasteiger partial charge in [0.2, 0.25) is 0 Å². The van der Waals surface area contributed by atoms with Gasteiger partial charge in [-0.2, -0.15) is 0 Å². The fourth-order valence-corrected chi connectivity index (χ4v) is 1.49. The van der Waals surface area contributed by atoms with Gasteiger partial charge in [0.1, 0.15) is 5.82 Å². The van der Waals surface area contributed by atoms with E-state index in [0.717, 1.165) is 0 Å². The quantitative estimate of drug-likeness (QED) is 0.742. The van der Waals surface area contributed by atoms with Crippen LogP contribution >= 0.6 is 0 Å². The number of imidazole rings is 1. The molecule has 4 heteroatoms. The van der Waals surface area contributed by atoms with E-state index in [-0.39, 0.29) is 17.6 Å². The molecule has 0 radical (unpaired) electrons. The maximum absolute atomic E-state index is 12.7. The Morgan fingerprint density at radius 3 is 2.62 bits per heavy atom. The minimum atomic E-state index is -0.341. The number of halogens is 1. The summed E-state index contributed by atoms with van der Waals surface area (Å²) in [6.45, 7) is 1.79. The summed E-state index contributed by atoms with van der Waals surface area (Å²) in [5.41, 5.74) is 0.502. The van der Waals surface area contributed by atoms with Gasteiger partial charge >= 0.3 is 0 Å². The highest BCUT2D eigenvalue weighted by molar-refractivity contribution is 5.98. The van der Waals surface area contributed by atoms with Crippen LogP contribution in [-0.4, -0.2) is 15.3 Å². The molecule has 0 N–H and O–H groups in total. The molecule has 1 atom stereocenters. The first-order valence-electron chi connectivity index (χ1n) is 4.95. The van der Waals surface area contributed by atoms with Crippen LogP contribution < -0.4 is 0 Å². The zero-order chi connectivity index (χ0) is 11.5. The van der Waals surface area contributed by atoms with Crippen LogP contribution in [0.25, 0.3) is 0 Å². The first-order chi connectivity index (χ1) is 7.68. The van der Waals surface area contributed by atoms with Gasteiger partial charge in [-0.1, -0.05) is 0 Å². The summed E-state index contributed by atoms with van der Waals surface area (Å²) in [5.74, 6) is -0.398. The second kappa shape index (κ2) is 4.26. The van der Waals surface area contributed by atoms with Crippen LogP contribution in [0.4, 0.5) is 4.39 Å². The van der Waals surface area contributed by atoms with E-state index >= 15 is 0 Å². The maximum Gasteiger partial charge on any atom is 0.185 e. The molecule has 0 aliphatic rings. The molecule has 3 nitrogen and oxygen atoms in total. The monoisotopic (exact) mass is 218 g/mol. The summed E-state index contributed by atoms with van der Waals surface area (Å²) in [6.07, 6.45) is 4.94. The third-order valence-corrected chi connectivity index (χ3v) is 2.48. The number of ketones is 1. The highest BCUT2D eigenvalue weighted by Gasteiger charge is 2.15. The molecule has 0 aliphatic heterocycles. The van der Waals surface area contributed by atoms with E-state index in [1.54, 1.807) is 30.2 Å². The smallest absolute Gasteiger partial charge is 0.185 e. The van der Waals surface area contributed by atoms with Crippen LogP contribution in [0.5, 0.6) is 0 Å². The van der Waals surface area contributed by atoms with E-state index in [0.29, 0.717) is 5.56 Å². The molecule has 0 fully saturated rings. The Morgan fingerprint density at radius 2 is 2.06 bits per heavy atom. The van der Waals surface area contributed by atoms with Crippen LogP contribution in [-0.2, 0) is 0 Å². The van der Waals surface area contributed by atoms with E-state index in [1.807, 2.05) is 0 Å². The molecule has 0 amide bonds. The Balaban J connectivity index is 2.22. The lowest BCUT2D eigenvalue weighted by Gasteiger charge is -2.11. The second-order valence-electron chi connectivity index (χ2n) is 3.56. The van der Waals surface area contributed by atoms with Crippen molar-refractivity contribution in [1.82, 2.24) is 9.55 Å². The Bertz CT molecular complexity index is 476. The summed E-state index contributed by atoms with van der Waals surface area (Å²) in [4.78, 5) is 15.9. The number of benzene rings is 1. The van der Waals surface area contributed by atoms with Crippen LogP contribution in [0.1, 0.15) is 23.3 Å². The van der Waals surface area contributed by atoms with Crippen molar-refractivity contribution in [3.8, 4) is 0 Å². The van der Waals surface area contributed by atoms with Gasteiger partial charge in [0.25, 0.3) is 0 Å². The van der Waals surface area contributed by atoms with Gasteiger partial charge in [-0.15, -0.1) is 0 Å². The number of aromatic nitrogens is 2. The van der Waals surface area contributed by atoms with Crippen molar-refractivity contribution in [3.63, 3.8) is 0 Å². The highest BCUT2D eigenvalue weighted by atomic mass is 19.1. The minimum absolute atomic E-state index is 0.0574. The molecule has 82 valence electrons. The topological polar surface area (TPSA) is 34.9 Å². The van der Waals surface area contributed by atoms with Crippen LogP contribution in [0.2, 0.25) is 0 Å². The molecule has 0 spiro atoms. The Morgan fingerprint density at radius 1 is 1.38 bits per heavy atom. The van der Waals surface area contributed by atoms with Crippen LogP contribution in [0.3, 0.4) is 0 Å². The molecule has 2 aromatic rings. The lowest BCUT2D eigenvalue weighted by molar-refractivity contribution is 0.0935. The third kappa shape index (κ3) is 2.00. The first-order valence-corrected chi connectivity index (χ1v) is 4.95. The van der Waals surface area contributed by atoms with Crippen molar-refractivity contribution in [2.75, 3.05) is 0 Å². The molecule has 1 heterocycles. The van der Waals surface area contributed by atoms with Gasteiger partial charge in [0.15, 0.2) is 5.78 Å². The highest BCUT2D eigenvalue weighted by Crippen LogP contribution is 2.14. The third-order valence-electron chi connectivity index (χ3n) is 2.48. The summed E-state index contributed by atoms with van der Waals surface area (Å²) in [5, 5.41) is 0. The fourth-order valence-electron chi connectivity index (χ4n) is 1.49. The first kappa shape index (κ1) is 10.5. The number of Topliss-reactive ketones (excluding diaryl/α,β-unsaturated/α-hetero) is 1. The summed E-state index contributed by atoms with van der Waals surface area (Å²) < 4.78 is 14.4. The predicted molar refractivity (Wildman–Crippen MR) is 57.7 cm³/mol. The molecular weight excluding hydrogens is 207 g/mol. The van der Waals surface area contributed by atoms with Gasteiger partial charge < -0.3 is 4.57 Å². The average Bonchev–Trinajstić information content (AvgIpc) is 2.81. The van der Waals surface area contributed by atoms with Crippen molar-refractivity contribution < 1.29 is 9.18 Å². The number of carbonyl (C=O) groups is 1. The van der Waals surface area contributed by atoms with Gasteiger partial charge in [0.05, 0.1) is 12.4 Å². The van der Waals surface area contributed by atoms with Crippen molar-refractivity contribution >= 4 is 5.78 Å². The number of carbonyl (C=O) groups excluding carboxylic acids is 1. The van der Waals surface area contributed by atoms with E-state index in [1.165, 1.54) is 24.3 Å². The van der Waals surface area contributed by atoms with Gasteiger partial charge in [-0.05, 0) is 31.2 Å². The van der Waals surface area contributed by atoms with E-state index in [9.17, 15) is 9.18 Å². The van der Waals surface area contributed by atoms with Crippen molar-refractivity contribution in [2.24, 2.45) is 0 Å². The van der Waals surface area contributed by atoms with Gasteiger partial charge in [-0.25, -0.2) is 9.37 Å². The zero-order valence-electron chi connectivity index (χ0n) is 8.80. The number of hydrogen-bond acceptors (Lipinski definition) is 2. The minimum Gasteiger partial charge on any atom is -0.327 e. The second-order valence-corrected chi connectivity index (χ2v) is 3.56. The van der Waals surface area contributed by atoms with Gasteiger partial charge in [0, 0.05) is 18.0 Å². The van der Waals surface area contributed by atoms with E-state index in [4.69, 9.17) is 0 Å². The largest absolute Gasteiger partial charge is 0.327 e. The van der Waals surface area contributed by atoms with Crippen molar-refractivity contribution in [1.29, 1.82) is 0 Å². The molecule has 2 rings (SSSR count). The molecule has 0 aliphatic carbocycles. The molecule has 1 aromatic heterocycles. The molecule has 0 bridgehead atoms. The Kier molecular flexibility index (Phi) is 2.81. The molecule has 1 unspecified atom stereocenters. The van der Waals surface area contributed by atoms with E-state index < -0.39 is 0 Å². The molecule has 0 saturated heterocycles. The molecular formula is C12H11FN2O. The number of nitrogens with zero attached hydrogens (tertiary/aromatic N) is 2. The zero-order valence-corrected chi connectivity index (χ0v) is 8.80.